The van der Waals surface area contributed by atoms with Crippen LogP contribution in [0.3, 0.4) is 0 Å². The summed E-state index contributed by atoms with van der Waals surface area (Å²) < 4.78 is 0. The highest BCUT2D eigenvalue weighted by molar-refractivity contribution is 7.09. The summed E-state index contributed by atoms with van der Waals surface area (Å²) in [6.07, 6.45) is 0. The Kier molecular flexibility index (Phi) is 8.55. The first kappa shape index (κ1) is 19.9. The van der Waals surface area contributed by atoms with Gasteiger partial charge in [-0.3, -0.25) is 9.89 Å². The quantitative estimate of drug-likeness (QED) is 0.564. The summed E-state index contributed by atoms with van der Waals surface area (Å²) in [6.45, 7) is 15.9. The summed E-state index contributed by atoms with van der Waals surface area (Å²) in [5.74, 6) is 1.31. The fourth-order valence-corrected chi connectivity index (χ4v) is 3.36. The topological polar surface area (TPSA) is 52.6 Å². The van der Waals surface area contributed by atoms with Gasteiger partial charge in [-0.1, -0.05) is 13.8 Å². The van der Waals surface area contributed by atoms with Gasteiger partial charge in [-0.15, -0.1) is 11.3 Å². The lowest BCUT2D eigenvalue weighted by atomic mass is 10.2. The standard InChI is InChI=1S/C17H33N5S/c1-12(2)15-11-23-16(21-15)10-20-17(18-7)19-8-9-22(13(3)4)14(5)6/h11-14H,8-10H2,1-7H3,(H2,18,19,20). The Morgan fingerprint density at radius 2 is 1.83 bits per heavy atom. The second-order valence-electron chi connectivity index (χ2n) is 6.60. The van der Waals surface area contributed by atoms with E-state index >= 15 is 0 Å². The van der Waals surface area contributed by atoms with E-state index in [0.29, 0.717) is 18.0 Å². The highest BCUT2D eigenvalue weighted by Crippen LogP contribution is 2.17. The first-order valence-corrected chi connectivity index (χ1v) is 9.37. The van der Waals surface area contributed by atoms with Gasteiger partial charge >= 0.3 is 0 Å². The third kappa shape index (κ3) is 6.87. The van der Waals surface area contributed by atoms with E-state index in [1.807, 2.05) is 0 Å². The lowest BCUT2D eigenvalue weighted by Gasteiger charge is -2.30. The Hall–Kier alpha value is -1.14. The van der Waals surface area contributed by atoms with Gasteiger partial charge in [0.15, 0.2) is 5.96 Å². The van der Waals surface area contributed by atoms with Crippen molar-refractivity contribution in [2.24, 2.45) is 4.99 Å². The molecule has 0 saturated heterocycles. The normalized spacial score (nSPS) is 12.7. The Balaban J connectivity index is 2.39. The molecule has 1 aromatic heterocycles. The van der Waals surface area contributed by atoms with Crippen molar-refractivity contribution < 1.29 is 0 Å². The van der Waals surface area contributed by atoms with E-state index in [2.05, 4.69) is 72.4 Å². The Morgan fingerprint density at radius 1 is 1.17 bits per heavy atom. The molecule has 0 amide bonds. The van der Waals surface area contributed by atoms with Crippen molar-refractivity contribution >= 4 is 17.3 Å². The van der Waals surface area contributed by atoms with Gasteiger partial charge in [0.1, 0.15) is 5.01 Å². The van der Waals surface area contributed by atoms with Crippen LogP contribution in [0.25, 0.3) is 0 Å². The molecule has 0 fully saturated rings. The van der Waals surface area contributed by atoms with Crippen LogP contribution in [0.4, 0.5) is 0 Å². The molecule has 0 aliphatic heterocycles. The van der Waals surface area contributed by atoms with Gasteiger partial charge in [-0.25, -0.2) is 4.98 Å². The van der Waals surface area contributed by atoms with Crippen molar-refractivity contribution in [1.29, 1.82) is 0 Å². The fourth-order valence-electron chi connectivity index (χ4n) is 2.47. The predicted molar refractivity (Wildman–Crippen MR) is 101 cm³/mol. The number of rotatable bonds is 8. The van der Waals surface area contributed by atoms with Crippen molar-refractivity contribution in [3.05, 3.63) is 16.1 Å². The van der Waals surface area contributed by atoms with Gasteiger partial charge in [-0.2, -0.15) is 0 Å². The summed E-state index contributed by atoms with van der Waals surface area (Å²) in [6, 6.07) is 1.10. The largest absolute Gasteiger partial charge is 0.355 e. The number of guanidine groups is 1. The van der Waals surface area contributed by atoms with Gasteiger partial charge in [-0.05, 0) is 33.6 Å². The van der Waals surface area contributed by atoms with E-state index in [4.69, 9.17) is 0 Å². The number of nitrogens with one attached hydrogen (secondary N) is 2. The van der Waals surface area contributed by atoms with Crippen molar-refractivity contribution in [2.75, 3.05) is 20.1 Å². The van der Waals surface area contributed by atoms with Crippen LogP contribution in [0.15, 0.2) is 10.4 Å². The third-order valence-corrected chi connectivity index (χ3v) is 4.65. The van der Waals surface area contributed by atoms with E-state index in [9.17, 15) is 0 Å². The number of hydrogen-bond acceptors (Lipinski definition) is 4. The molecule has 1 aromatic rings. The SMILES string of the molecule is CN=C(NCCN(C(C)C)C(C)C)NCc1nc(C(C)C)cs1. The van der Waals surface area contributed by atoms with Crippen molar-refractivity contribution in [1.82, 2.24) is 20.5 Å². The first-order valence-electron chi connectivity index (χ1n) is 8.49. The highest BCUT2D eigenvalue weighted by atomic mass is 32.1. The monoisotopic (exact) mass is 339 g/mol. The van der Waals surface area contributed by atoms with Gasteiger partial charge in [0.2, 0.25) is 0 Å². The average Bonchev–Trinajstić information content (AvgIpc) is 2.94. The third-order valence-electron chi connectivity index (χ3n) is 3.78. The fraction of sp³-hybridized carbons (Fsp3) is 0.765. The summed E-state index contributed by atoms with van der Waals surface area (Å²) >= 11 is 1.70. The van der Waals surface area contributed by atoms with Crippen molar-refractivity contribution in [2.45, 2.75) is 66.1 Å². The number of aliphatic imine (C=N–C) groups is 1. The first-order chi connectivity index (χ1) is 10.8. The van der Waals surface area contributed by atoms with Crippen molar-refractivity contribution in [3.63, 3.8) is 0 Å². The van der Waals surface area contributed by atoms with Crippen LogP contribution in [-0.4, -0.2) is 48.1 Å². The maximum atomic E-state index is 4.64. The maximum absolute atomic E-state index is 4.64. The number of thiazole rings is 1. The van der Waals surface area contributed by atoms with Crippen LogP contribution in [0.1, 0.15) is 58.2 Å². The lowest BCUT2D eigenvalue weighted by Crippen LogP contribution is -2.45. The van der Waals surface area contributed by atoms with Gasteiger partial charge in [0.25, 0.3) is 0 Å². The van der Waals surface area contributed by atoms with Gasteiger partial charge in [0.05, 0.1) is 12.2 Å². The lowest BCUT2D eigenvalue weighted by molar-refractivity contribution is 0.178. The van der Waals surface area contributed by atoms with E-state index in [0.717, 1.165) is 30.6 Å². The molecule has 5 nitrogen and oxygen atoms in total. The van der Waals surface area contributed by atoms with Crippen LogP contribution in [0.5, 0.6) is 0 Å². The maximum Gasteiger partial charge on any atom is 0.191 e. The minimum atomic E-state index is 0.482. The second-order valence-corrected chi connectivity index (χ2v) is 7.54. The number of nitrogens with zero attached hydrogens (tertiary/aromatic N) is 3. The molecule has 2 N–H and O–H groups in total. The van der Waals surface area contributed by atoms with Crippen LogP contribution < -0.4 is 10.6 Å². The molecule has 23 heavy (non-hydrogen) atoms. The molecule has 0 bridgehead atoms. The highest BCUT2D eigenvalue weighted by Gasteiger charge is 2.12. The van der Waals surface area contributed by atoms with Crippen LogP contribution in [0.2, 0.25) is 0 Å². The van der Waals surface area contributed by atoms with Crippen molar-refractivity contribution in [3.8, 4) is 0 Å². The smallest absolute Gasteiger partial charge is 0.191 e. The molecule has 0 aliphatic carbocycles. The summed E-state index contributed by atoms with van der Waals surface area (Å²) in [5, 5.41) is 9.96. The molecular formula is C17H33N5S. The minimum Gasteiger partial charge on any atom is -0.355 e. The summed E-state index contributed by atoms with van der Waals surface area (Å²) in [7, 11) is 1.80. The molecule has 0 radical (unpaired) electrons. The Bertz CT molecular complexity index is 471. The van der Waals surface area contributed by atoms with Crippen LogP contribution >= 0.6 is 11.3 Å². The molecule has 0 aromatic carbocycles. The minimum absolute atomic E-state index is 0.482. The molecule has 0 aliphatic rings. The second kappa shape index (κ2) is 9.88. The van der Waals surface area contributed by atoms with E-state index in [1.165, 1.54) is 5.69 Å². The van der Waals surface area contributed by atoms with E-state index in [1.54, 1.807) is 18.4 Å². The predicted octanol–water partition coefficient (Wildman–Crippen LogP) is 3.05. The number of hydrogen-bond donors (Lipinski definition) is 2. The van der Waals surface area contributed by atoms with Gasteiger partial charge < -0.3 is 10.6 Å². The Labute approximate surface area is 145 Å². The molecule has 0 saturated carbocycles. The Morgan fingerprint density at radius 3 is 2.30 bits per heavy atom. The van der Waals surface area contributed by atoms with E-state index in [-0.39, 0.29) is 0 Å². The molecule has 0 atom stereocenters. The molecule has 0 spiro atoms. The average molecular weight is 340 g/mol. The molecule has 1 rings (SSSR count). The molecule has 6 heteroatoms. The summed E-state index contributed by atoms with van der Waals surface area (Å²) in [4.78, 5) is 11.4. The molecule has 1 heterocycles. The molecule has 0 unspecified atom stereocenters. The molecule has 132 valence electrons. The zero-order chi connectivity index (χ0) is 17.4. The zero-order valence-electron chi connectivity index (χ0n) is 15.7. The van der Waals surface area contributed by atoms with Crippen LogP contribution in [0, 0.1) is 0 Å². The summed E-state index contributed by atoms with van der Waals surface area (Å²) in [5.41, 5.74) is 1.17. The van der Waals surface area contributed by atoms with E-state index < -0.39 is 0 Å². The number of aromatic nitrogens is 1. The molecular weight excluding hydrogens is 306 g/mol. The zero-order valence-corrected chi connectivity index (χ0v) is 16.5. The van der Waals surface area contributed by atoms with Crippen LogP contribution in [-0.2, 0) is 6.54 Å². The van der Waals surface area contributed by atoms with Gasteiger partial charge in [0, 0.05) is 37.6 Å².